The number of nitrogens with one attached hydrogen (secondary N) is 1. The Kier molecular flexibility index (Phi) is 22.3. The molecule has 1 rings (SSSR count). The number of aliphatic hydroxyl groups is 3. The molecule has 23 heavy (non-hydrogen) atoms. The number of aromatic nitrogens is 1. The quantitative estimate of drug-likeness (QED) is 0.421. The summed E-state index contributed by atoms with van der Waals surface area (Å²) in [5, 5.41) is 22.7. The summed E-state index contributed by atoms with van der Waals surface area (Å²) in [6.45, 7) is 19.0. The van der Waals surface area contributed by atoms with Crippen LogP contribution in [-0.4, -0.2) is 40.1 Å². The predicted octanol–water partition coefficient (Wildman–Crippen LogP) is 3.40. The molecule has 1 aromatic rings. The van der Waals surface area contributed by atoms with E-state index in [0.717, 1.165) is 0 Å². The summed E-state index contributed by atoms with van der Waals surface area (Å²) in [5.41, 5.74) is 2.82. The van der Waals surface area contributed by atoms with Crippen LogP contribution in [0.1, 0.15) is 73.7 Å². The molecule has 5 heteroatoms. The fourth-order valence-electron chi connectivity index (χ4n) is 1.16. The molecule has 0 aliphatic carbocycles. The van der Waals surface area contributed by atoms with E-state index in [1.807, 2.05) is 0 Å². The van der Waals surface area contributed by atoms with E-state index in [4.69, 9.17) is 15.3 Å². The van der Waals surface area contributed by atoms with Crippen molar-refractivity contribution in [2.45, 2.75) is 73.1 Å². The summed E-state index contributed by atoms with van der Waals surface area (Å²) in [7, 11) is 0. The van der Waals surface area contributed by atoms with Crippen molar-refractivity contribution >= 4 is 0 Å². The maximum Gasteiger partial charge on any atom is 0.0402 e. The monoisotopic (exact) mass is 364 g/mol. The molecule has 0 saturated carbocycles. The minimum Gasteiger partial charge on any atom is -0.454 e. The molecule has 4 nitrogen and oxygen atoms in total. The molecule has 0 bridgehead atoms. The molecule has 0 amide bonds. The minimum absolute atomic E-state index is 0. The van der Waals surface area contributed by atoms with Gasteiger partial charge in [0.05, 0.1) is 0 Å². The van der Waals surface area contributed by atoms with E-state index < -0.39 is 0 Å². The summed E-state index contributed by atoms with van der Waals surface area (Å²) >= 11 is 0. The van der Waals surface area contributed by atoms with Crippen molar-refractivity contribution in [3.05, 3.63) is 23.5 Å². The van der Waals surface area contributed by atoms with E-state index in [9.17, 15) is 0 Å². The zero-order chi connectivity index (χ0) is 18.4. The predicted molar refractivity (Wildman–Crippen MR) is 95.3 cm³/mol. The van der Waals surface area contributed by atoms with Gasteiger partial charge in [-0.25, -0.2) is 12.1 Å². The van der Waals surface area contributed by atoms with Crippen molar-refractivity contribution in [1.29, 1.82) is 0 Å². The maximum absolute atomic E-state index is 7.57. The fourth-order valence-corrected chi connectivity index (χ4v) is 1.16. The van der Waals surface area contributed by atoms with Gasteiger partial charge in [-0.05, 0) is 26.2 Å². The average molecular weight is 364 g/mol. The third kappa shape index (κ3) is 19.8. The normalized spacial score (nSPS) is 9.91. The van der Waals surface area contributed by atoms with Crippen LogP contribution in [0.25, 0.3) is 0 Å². The molecule has 0 aromatic carbocycles. The number of hydrogen-bond donors (Lipinski definition) is 4. The van der Waals surface area contributed by atoms with Crippen LogP contribution >= 0.6 is 0 Å². The molecule has 0 radical (unpaired) electrons. The molecule has 0 fully saturated rings. The van der Waals surface area contributed by atoms with E-state index in [-0.39, 0.29) is 52.4 Å². The second-order valence-electron chi connectivity index (χ2n) is 6.65. The van der Waals surface area contributed by atoms with E-state index in [1.165, 1.54) is 11.4 Å². The zero-order valence-electron chi connectivity index (χ0n) is 16.5. The Labute approximate surface area is 158 Å². The number of hydrogen-bond acceptors (Lipinski definition) is 3. The SMILES string of the molecule is CC(C)(C)c1[c-]cc(C(C)(C)C)[nH]1.CCO.CCO.CCO.[Ti]. The Bertz CT molecular complexity index is 306. The molecule has 138 valence electrons. The minimum atomic E-state index is 0. The standard InChI is InChI=1S/C12H20N.3C2H6O.Ti/c1-11(2,3)9-7-8-10(13-9)12(4,5)6;3*1-2-3;/h7,13H,1-6H3;3*3H,2H2,1H3;/q-1;;;;. The van der Waals surface area contributed by atoms with Gasteiger partial charge in [0.15, 0.2) is 0 Å². The Morgan fingerprint density at radius 3 is 1.26 bits per heavy atom. The Morgan fingerprint density at radius 1 is 0.826 bits per heavy atom. The van der Waals surface area contributed by atoms with Crippen LogP contribution in [0.5, 0.6) is 0 Å². The van der Waals surface area contributed by atoms with Crippen molar-refractivity contribution in [2.75, 3.05) is 19.8 Å². The van der Waals surface area contributed by atoms with Crippen molar-refractivity contribution in [2.24, 2.45) is 0 Å². The van der Waals surface area contributed by atoms with E-state index in [1.54, 1.807) is 20.8 Å². The molecular formula is C18H38NO3Ti-. The second kappa shape index (κ2) is 16.7. The van der Waals surface area contributed by atoms with Gasteiger partial charge >= 0.3 is 0 Å². The van der Waals surface area contributed by atoms with Crippen molar-refractivity contribution in [3.63, 3.8) is 0 Å². The molecule has 0 saturated heterocycles. The molecule has 1 heterocycles. The van der Waals surface area contributed by atoms with Crippen LogP contribution in [0.3, 0.4) is 0 Å². The van der Waals surface area contributed by atoms with Gasteiger partial charge in [0.2, 0.25) is 0 Å². The summed E-state index contributed by atoms with van der Waals surface area (Å²) < 4.78 is 0. The Balaban J connectivity index is -0.000000152. The maximum atomic E-state index is 7.57. The van der Waals surface area contributed by atoms with Crippen LogP contribution in [0.15, 0.2) is 6.07 Å². The van der Waals surface area contributed by atoms with Gasteiger partial charge < -0.3 is 20.3 Å². The van der Waals surface area contributed by atoms with Crippen LogP contribution < -0.4 is 0 Å². The molecule has 0 aliphatic heterocycles. The Morgan fingerprint density at radius 2 is 1.13 bits per heavy atom. The third-order valence-electron chi connectivity index (χ3n) is 2.18. The largest absolute Gasteiger partial charge is 0.454 e. The molecule has 0 spiro atoms. The van der Waals surface area contributed by atoms with Gasteiger partial charge in [-0.15, -0.1) is 5.69 Å². The first-order valence-electron chi connectivity index (χ1n) is 7.90. The number of aromatic amines is 1. The molecular weight excluding hydrogens is 326 g/mol. The van der Waals surface area contributed by atoms with E-state index in [2.05, 4.69) is 58.7 Å². The summed E-state index contributed by atoms with van der Waals surface area (Å²) in [6, 6.07) is 5.37. The van der Waals surface area contributed by atoms with Crippen LogP contribution in [0.4, 0.5) is 0 Å². The first-order valence-corrected chi connectivity index (χ1v) is 7.90. The van der Waals surface area contributed by atoms with Gasteiger partial charge in [-0.1, -0.05) is 52.7 Å². The number of aliphatic hydroxyl groups excluding tert-OH is 3. The van der Waals surface area contributed by atoms with Crippen LogP contribution in [0, 0.1) is 6.07 Å². The Hall–Kier alpha value is -0.126. The number of rotatable bonds is 0. The summed E-state index contributed by atoms with van der Waals surface area (Å²) in [6.07, 6.45) is 0. The fraction of sp³-hybridized carbons (Fsp3) is 0.778. The van der Waals surface area contributed by atoms with Crippen LogP contribution in [-0.2, 0) is 32.5 Å². The molecule has 1 aromatic heterocycles. The van der Waals surface area contributed by atoms with E-state index in [0.29, 0.717) is 0 Å². The van der Waals surface area contributed by atoms with Gasteiger partial charge in [-0.2, -0.15) is 0 Å². The molecule has 4 N–H and O–H groups in total. The first kappa shape index (κ1) is 30.7. The van der Waals surface area contributed by atoms with Gasteiger partial charge in [0, 0.05) is 41.5 Å². The zero-order valence-corrected chi connectivity index (χ0v) is 18.1. The number of H-pyrrole nitrogens is 1. The van der Waals surface area contributed by atoms with Crippen LogP contribution in [0.2, 0.25) is 0 Å². The molecule has 0 unspecified atom stereocenters. The van der Waals surface area contributed by atoms with Gasteiger partial charge in [-0.3, -0.25) is 0 Å². The topological polar surface area (TPSA) is 76.5 Å². The first-order chi connectivity index (χ1) is 9.95. The average Bonchev–Trinajstić information content (AvgIpc) is 2.80. The summed E-state index contributed by atoms with van der Waals surface area (Å²) in [5.74, 6) is 0. The molecule has 0 atom stereocenters. The second-order valence-corrected chi connectivity index (χ2v) is 6.65. The van der Waals surface area contributed by atoms with Crippen molar-refractivity contribution in [3.8, 4) is 0 Å². The van der Waals surface area contributed by atoms with Crippen molar-refractivity contribution < 1.29 is 37.0 Å². The molecule has 0 aliphatic rings. The van der Waals surface area contributed by atoms with Gasteiger partial charge in [0.25, 0.3) is 0 Å². The smallest absolute Gasteiger partial charge is 0.0402 e. The third-order valence-corrected chi connectivity index (χ3v) is 2.18. The van der Waals surface area contributed by atoms with E-state index >= 15 is 0 Å². The summed E-state index contributed by atoms with van der Waals surface area (Å²) in [4.78, 5) is 3.44. The van der Waals surface area contributed by atoms with Crippen molar-refractivity contribution in [1.82, 2.24) is 4.98 Å². The van der Waals surface area contributed by atoms with Gasteiger partial charge in [0.1, 0.15) is 0 Å².